The van der Waals surface area contributed by atoms with Crippen molar-refractivity contribution in [3.63, 3.8) is 0 Å². The number of carbonyl (C=O) groups is 1. The first kappa shape index (κ1) is 21.7. The van der Waals surface area contributed by atoms with Gasteiger partial charge in [0.05, 0.1) is 30.1 Å². The Hall–Kier alpha value is -3.57. The SMILES string of the molecule is COc1ccc(-n2nc(C[C@H](C(=O)O)c3cccc(C)c3)cc2-c2cccc(Cl)c2)cc1. The molecule has 1 atom stereocenters. The summed E-state index contributed by atoms with van der Waals surface area (Å²) in [4.78, 5) is 12.1. The minimum Gasteiger partial charge on any atom is -0.497 e. The van der Waals surface area contributed by atoms with E-state index in [9.17, 15) is 9.90 Å². The summed E-state index contributed by atoms with van der Waals surface area (Å²) in [6.45, 7) is 1.96. The van der Waals surface area contributed by atoms with Gasteiger partial charge in [0.25, 0.3) is 0 Å². The Labute approximate surface area is 191 Å². The predicted octanol–water partition coefficient (Wildman–Crippen LogP) is 5.92. The van der Waals surface area contributed by atoms with Gasteiger partial charge in [0.15, 0.2) is 0 Å². The van der Waals surface area contributed by atoms with Crippen LogP contribution in [0, 0.1) is 6.92 Å². The molecule has 5 nitrogen and oxygen atoms in total. The molecule has 0 aliphatic rings. The van der Waals surface area contributed by atoms with Gasteiger partial charge in [-0.05, 0) is 55.0 Å². The number of hydrogen-bond donors (Lipinski definition) is 1. The molecule has 0 aliphatic heterocycles. The largest absolute Gasteiger partial charge is 0.497 e. The summed E-state index contributed by atoms with van der Waals surface area (Å²) in [7, 11) is 1.62. The van der Waals surface area contributed by atoms with Crippen LogP contribution in [0.4, 0.5) is 0 Å². The molecule has 1 heterocycles. The number of halogens is 1. The molecule has 1 aromatic heterocycles. The smallest absolute Gasteiger partial charge is 0.311 e. The molecule has 0 unspecified atom stereocenters. The summed E-state index contributed by atoms with van der Waals surface area (Å²) in [6, 6.07) is 24.6. The van der Waals surface area contributed by atoms with Crippen LogP contribution >= 0.6 is 11.6 Å². The van der Waals surface area contributed by atoms with Crippen LogP contribution in [0.2, 0.25) is 5.02 Å². The Kier molecular flexibility index (Phi) is 6.28. The van der Waals surface area contributed by atoms with Crippen molar-refractivity contribution < 1.29 is 14.6 Å². The predicted molar refractivity (Wildman–Crippen MR) is 126 cm³/mol. The van der Waals surface area contributed by atoms with Crippen molar-refractivity contribution >= 4 is 17.6 Å². The fraction of sp³-hybridized carbons (Fsp3) is 0.154. The number of methoxy groups -OCH3 is 1. The lowest BCUT2D eigenvalue weighted by atomic mass is 9.93. The normalized spacial score (nSPS) is 11.8. The first-order valence-electron chi connectivity index (χ1n) is 10.2. The molecule has 32 heavy (non-hydrogen) atoms. The number of aryl methyl sites for hydroxylation is 1. The van der Waals surface area contributed by atoms with Crippen LogP contribution in [0.5, 0.6) is 5.75 Å². The maximum Gasteiger partial charge on any atom is 0.311 e. The van der Waals surface area contributed by atoms with Crippen molar-refractivity contribution in [2.24, 2.45) is 0 Å². The molecule has 0 radical (unpaired) electrons. The van der Waals surface area contributed by atoms with Crippen molar-refractivity contribution in [2.75, 3.05) is 7.11 Å². The van der Waals surface area contributed by atoms with Gasteiger partial charge in [-0.3, -0.25) is 4.79 Å². The minimum absolute atomic E-state index is 0.273. The fourth-order valence-corrected chi connectivity index (χ4v) is 3.94. The number of benzene rings is 3. The van der Waals surface area contributed by atoms with E-state index in [4.69, 9.17) is 21.4 Å². The molecule has 4 rings (SSSR count). The third-order valence-corrected chi connectivity index (χ3v) is 5.59. The number of carboxylic acid groups (broad SMARTS) is 1. The summed E-state index contributed by atoms with van der Waals surface area (Å²) >= 11 is 6.24. The van der Waals surface area contributed by atoms with Crippen LogP contribution in [0.25, 0.3) is 16.9 Å². The third-order valence-electron chi connectivity index (χ3n) is 5.35. The summed E-state index contributed by atoms with van der Waals surface area (Å²) in [5.41, 5.74) is 5.05. The highest BCUT2D eigenvalue weighted by Gasteiger charge is 2.23. The number of rotatable bonds is 7. The van der Waals surface area contributed by atoms with Gasteiger partial charge in [-0.15, -0.1) is 0 Å². The second kappa shape index (κ2) is 9.28. The van der Waals surface area contributed by atoms with E-state index in [2.05, 4.69) is 0 Å². The second-order valence-corrected chi connectivity index (χ2v) is 8.09. The highest BCUT2D eigenvalue weighted by atomic mass is 35.5. The van der Waals surface area contributed by atoms with Gasteiger partial charge in [0.1, 0.15) is 5.75 Å². The number of aromatic nitrogens is 2. The Morgan fingerprint density at radius 1 is 1.06 bits per heavy atom. The van der Waals surface area contributed by atoms with Crippen LogP contribution in [0.3, 0.4) is 0 Å². The topological polar surface area (TPSA) is 64.4 Å². The number of hydrogen-bond acceptors (Lipinski definition) is 3. The van der Waals surface area contributed by atoms with Crippen molar-refractivity contribution in [1.29, 1.82) is 0 Å². The molecular weight excluding hydrogens is 424 g/mol. The summed E-state index contributed by atoms with van der Waals surface area (Å²) in [5, 5.41) is 15.3. The molecule has 0 saturated heterocycles. The monoisotopic (exact) mass is 446 g/mol. The lowest BCUT2D eigenvalue weighted by molar-refractivity contribution is -0.138. The molecule has 0 fully saturated rings. The summed E-state index contributed by atoms with van der Waals surface area (Å²) in [6.07, 6.45) is 0.273. The molecule has 0 spiro atoms. The Balaban J connectivity index is 1.78. The lowest BCUT2D eigenvalue weighted by Gasteiger charge is -2.12. The molecule has 3 aromatic carbocycles. The molecule has 162 valence electrons. The van der Waals surface area contributed by atoms with Crippen LogP contribution in [0.1, 0.15) is 22.7 Å². The van der Waals surface area contributed by atoms with Crippen LogP contribution in [0.15, 0.2) is 78.9 Å². The molecule has 0 bridgehead atoms. The molecule has 6 heteroatoms. The average Bonchev–Trinajstić information content (AvgIpc) is 3.21. The quantitative estimate of drug-likeness (QED) is 0.382. The van der Waals surface area contributed by atoms with Gasteiger partial charge < -0.3 is 9.84 Å². The van der Waals surface area contributed by atoms with Crippen LogP contribution in [-0.4, -0.2) is 28.0 Å². The zero-order chi connectivity index (χ0) is 22.7. The van der Waals surface area contributed by atoms with Gasteiger partial charge in [0, 0.05) is 17.0 Å². The van der Waals surface area contributed by atoms with Gasteiger partial charge in [-0.1, -0.05) is 53.6 Å². The van der Waals surface area contributed by atoms with E-state index in [-0.39, 0.29) is 6.42 Å². The third kappa shape index (κ3) is 4.68. The van der Waals surface area contributed by atoms with Gasteiger partial charge >= 0.3 is 5.97 Å². The minimum atomic E-state index is -0.876. The van der Waals surface area contributed by atoms with Crippen molar-refractivity contribution in [3.05, 3.63) is 101 Å². The second-order valence-electron chi connectivity index (χ2n) is 7.65. The maximum absolute atomic E-state index is 12.1. The molecule has 4 aromatic rings. The van der Waals surface area contributed by atoms with Gasteiger partial charge in [-0.2, -0.15) is 5.10 Å². The van der Waals surface area contributed by atoms with E-state index in [1.165, 1.54) is 0 Å². The highest BCUT2D eigenvalue weighted by molar-refractivity contribution is 6.30. The molecule has 1 N–H and O–H groups in total. The van der Waals surface area contributed by atoms with E-state index in [0.29, 0.717) is 10.7 Å². The number of ether oxygens (including phenoxy) is 1. The fourth-order valence-electron chi connectivity index (χ4n) is 3.75. The Morgan fingerprint density at radius 2 is 1.81 bits per heavy atom. The lowest BCUT2D eigenvalue weighted by Crippen LogP contribution is -2.15. The number of nitrogens with zero attached hydrogens (tertiary/aromatic N) is 2. The van der Waals surface area contributed by atoms with E-state index in [0.717, 1.165) is 33.8 Å². The highest BCUT2D eigenvalue weighted by Crippen LogP contribution is 2.29. The molecule has 0 aliphatic carbocycles. The van der Waals surface area contributed by atoms with E-state index < -0.39 is 11.9 Å². The first-order valence-corrected chi connectivity index (χ1v) is 10.6. The van der Waals surface area contributed by atoms with E-state index in [1.807, 2.05) is 90.5 Å². The summed E-state index contributed by atoms with van der Waals surface area (Å²) in [5.74, 6) is -0.823. The van der Waals surface area contributed by atoms with Crippen LogP contribution in [-0.2, 0) is 11.2 Å². The standard InChI is InChI=1S/C26H23ClN2O3/c1-17-5-3-6-18(13-17)24(26(30)31)15-21-16-25(19-7-4-8-20(27)14-19)29(28-21)22-9-11-23(32-2)12-10-22/h3-14,16,24H,15H2,1-2H3,(H,30,31)/t24-/m0/s1. The van der Waals surface area contributed by atoms with Gasteiger partial charge in [-0.25, -0.2) is 4.68 Å². The number of carboxylic acids is 1. The maximum atomic E-state index is 12.1. The van der Waals surface area contributed by atoms with Crippen molar-refractivity contribution in [2.45, 2.75) is 19.3 Å². The zero-order valence-corrected chi connectivity index (χ0v) is 18.6. The summed E-state index contributed by atoms with van der Waals surface area (Å²) < 4.78 is 7.08. The van der Waals surface area contributed by atoms with Gasteiger partial charge in [0.2, 0.25) is 0 Å². The number of aliphatic carboxylic acids is 1. The zero-order valence-electron chi connectivity index (χ0n) is 17.8. The Morgan fingerprint density at radius 3 is 2.47 bits per heavy atom. The first-order chi connectivity index (χ1) is 15.4. The Bertz CT molecular complexity index is 1250. The van der Waals surface area contributed by atoms with Crippen molar-refractivity contribution in [1.82, 2.24) is 9.78 Å². The van der Waals surface area contributed by atoms with E-state index >= 15 is 0 Å². The molecular formula is C26H23ClN2O3. The average molecular weight is 447 g/mol. The van der Waals surface area contributed by atoms with E-state index in [1.54, 1.807) is 7.11 Å². The van der Waals surface area contributed by atoms with Crippen molar-refractivity contribution in [3.8, 4) is 22.7 Å². The molecule has 0 saturated carbocycles. The van der Waals surface area contributed by atoms with Crippen LogP contribution < -0.4 is 4.74 Å². The molecule has 0 amide bonds.